The predicted octanol–water partition coefficient (Wildman–Crippen LogP) is 3.28. The molecule has 4 nitrogen and oxygen atoms in total. The van der Waals surface area contributed by atoms with Gasteiger partial charge in [0.2, 0.25) is 0 Å². The van der Waals surface area contributed by atoms with Gasteiger partial charge in [-0.15, -0.1) is 0 Å². The Hall–Kier alpha value is -0.780. The molecule has 7 heteroatoms. The van der Waals surface area contributed by atoms with E-state index in [1.54, 1.807) is 0 Å². The maximum Gasteiger partial charge on any atom is 0.261 e. The van der Waals surface area contributed by atoms with Crippen molar-refractivity contribution in [1.29, 1.82) is 0 Å². The van der Waals surface area contributed by atoms with Gasteiger partial charge in [-0.3, -0.25) is 4.79 Å². The smallest absolute Gasteiger partial charge is 0.261 e. The van der Waals surface area contributed by atoms with E-state index in [9.17, 15) is 13.2 Å². The SMILES string of the molecule is O=C(c1cc(Cl)cc(S(=O)(=O)Cl)c1)N(CC1CC1)C1CC1. The second kappa shape index (κ2) is 5.45. The van der Waals surface area contributed by atoms with Gasteiger partial charge < -0.3 is 4.90 Å². The lowest BCUT2D eigenvalue weighted by Crippen LogP contribution is -2.35. The summed E-state index contributed by atoms with van der Waals surface area (Å²) < 4.78 is 22.9. The lowest BCUT2D eigenvalue weighted by Gasteiger charge is -2.22. The van der Waals surface area contributed by atoms with Gasteiger partial charge in [0.1, 0.15) is 0 Å². The van der Waals surface area contributed by atoms with Gasteiger partial charge in [-0.2, -0.15) is 0 Å². The van der Waals surface area contributed by atoms with Crippen LogP contribution < -0.4 is 0 Å². The van der Waals surface area contributed by atoms with Gasteiger partial charge in [-0.1, -0.05) is 11.6 Å². The van der Waals surface area contributed by atoms with Crippen molar-refractivity contribution in [2.75, 3.05) is 6.54 Å². The Bertz CT molecular complexity index is 681. The molecule has 0 aromatic heterocycles. The molecule has 0 bridgehead atoms. The molecule has 114 valence electrons. The summed E-state index contributed by atoms with van der Waals surface area (Å²) in [6.07, 6.45) is 4.35. The molecule has 0 atom stereocenters. The van der Waals surface area contributed by atoms with E-state index in [0.717, 1.165) is 32.2 Å². The Morgan fingerprint density at radius 2 is 1.86 bits per heavy atom. The van der Waals surface area contributed by atoms with Crippen molar-refractivity contribution < 1.29 is 13.2 Å². The standard InChI is InChI=1S/C14H15Cl2NO3S/c15-11-5-10(6-13(7-11)21(16,19)20)14(18)17(12-3-4-12)8-9-1-2-9/h5-7,9,12H,1-4,8H2. The van der Waals surface area contributed by atoms with Crippen molar-refractivity contribution in [2.45, 2.75) is 36.6 Å². The first-order chi connectivity index (χ1) is 9.84. The Balaban J connectivity index is 1.90. The first-order valence-corrected chi connectivity index (χ1v) is 9.59. The molecule has 2 aliphatic rings. The van der Waals surface area contributed by atoms with Gasteiger partial charge in [0, 0.05) is 33.9 Å². The van der Waals surface area contributed by atoms with Crippen LogP contribution in [0.2, 0.25) is 5.02 Å². The third-order valence-electron chi connectivity index (χ3n) is 3.80. The van der Waals surface area contributed by atoms with Crippen molar-refractivity contribution in [3.05, 3.63) is 28.8 Å². The highest BCUT2D eigenvalue weighted by atomic mass is 35.7. The van der Waals surface area contributed by atoms with Crippen LogP contribution in [0.15, 0.2) is 23.1 Å². The summed E-state index contributed by atoms with van der Waals surface area (Å²) in [5.41, 5.74) is 0.286. The number of amides is 1. The van der Waals surface area contributed by atoms with E-state index in [1.807, 2.05) is 4.90 Å². The Labute approximate surface area is 133 Å². The topological polar surface area (TPSA) is 54.5 Å². The molecule has 1 aromatic rings. The fourth-order valence-electron chi connectivity index (χ4n) is 2.36. The zero-order chi connectivity index (χ0) is 15.2. The second-order valence-electron chi connectivity index (χ2n) is 5.75. The number of hydrogen-bond donors (Lipinski definition) is 0. The van der Waals surface area contributed by atoms with Gasteiger partial charge >= 0.3 is 0 Å². The Morgan fingerprint density at radius 1 is 1.19 bits per heavy atom. The zero-order valence-corrected chi connectivity index (χ0v) is 13.6. The third kappa shape index (κ3) is 3.71. The summed E-state index contributed by atoms with van der Waals surface area (Å²) in [6, 6.07) is 4.34. The average Bonchev–Trinajstić information content (AvgIpc) is 3.24. The molecule has 0 radical (unpaired) electrons. The van der Waals surface area contributed by atoms with Crippen LogP contribution in [0.4, 0.5) is 0 Å². The van der Waals surface area contributed by atoms with E-state index >= 15 is 0 Å². The van der Waals surface area contributed by atoms with Crippen LogP contribution in [-0.4, -0.2) is 31.8 Å². The van der Waals surface area contributed by atoms with Crippen LogP contribution in [0.25, 0.3) is 0 Å². The van der Waals surface area contributed by atoms with E-state index in [-0.39, 0.29) is 27.4 Å². The van der Waals surface area contributed by atoms with Crippen LogP contribution in [0, 0.1) is 5.92 Å². The maximum atomic E-state index is 12.7. The highest BCUT2D eigenvalue weighted by molar-refractivity contribution is 8.13. The first kappa shape index (κ1) is 15.1. The molecular weight excluding hydrogens is 333 g/mol. The van der Waals surface area contributed by atoms with Crippen LogP contribution in [0.1, 0.15) is 36.0 Å². The molecule has 3 rings (SSSR count). The molecular formula is C14H15Cl2NO3S. The molecule has 0 unspecified atom stereocenters. The van der Waals surface area contributed by atoms with E-state index < -0.39 is 9.05 Å². The highest BCUT2D eigenvalue weighted by Gasteiger charge is 2.37. The van der Waals surface area contributed by atoms with E-state index in [0.29, 0.717) is 5.92 Å². The largest absolute Gasteiger partial charge is 0.335 e. The summed E-state index contributed by atoms with van der Waals surface area (Å²) in [5, 5.41) is 0.197. The van der Waals surface area contributed by atoms with Crippen molar-refractivity contribution in [2.24, 2.45) is 5.92 Å². The number of carbonyl (C=O) groups excluding carboxylic acids is 1. The van der Waals surface area contributed by atoms with Crippen molar-refractivity contribution in [3.8, 4) is 0 Å². The Morgan fingerprint density at radius 3 is 2.38 bits per heavy atom. The summed E-state index contributed by atoms with van der Waals surface area (Å²) in [4.78, 5) is 14.4. The number of halogens is 2. The number of benzene rings is 1. The quantitative estimate of drug-likeness (QED) is 0.768. The molecule has 0 N–H and O–H groups in total. The normalized spacial score (nSPS) is 18.6. The molecule has 1 aromatic carbocycles. The van der Waals surface area contributed by atoms with Gasteiger partial charge in [0.15, 0.2) is 0 Å². The van der Waals surface area contributed by atoms with Crippen molar-refractivity contribution in [3.63, 3.8) is 0 Å². The van der Waals surface area contributed by atoms with Gasteiger partial charge in [0.05, 0.1) is 4.90 Å². The number of hydrogen-bond acceptors (Lipinski definition) is 3. The van der Waals surface area contributed by atoms with Crippen molar-refractivity contribution >= 4 is 37.2 Å². The minimum atomic E-state index is -3.91. The Kier molecular flexibility index (Phi) is 3.93. The van der Waals surface area contributed by atoms with Crippen molar-refractivity contribution in [1.82, 2.24) is 4.90 Å². The minimum absolute atomic E-state index is 0.137. The van der Waals surface area contributed by atoms with Gasteiger partial charge in [0.25, 0.3) is 15.0 Å². The fourth-order valence-corrected chi connectivity index (χ4v) is 3.46. The molecule has 0 saturated heterocycles. The number of nitrogens with zero attached hydrogens (tertiary/aromatic N) is 1. The van der Waals surface area contributed by atoms with E-state index in [1.165, 1.54) is 18.2 Å². The third-order valence-corrected chi connectivity index (χ3v) is 5.35. The van der Waals surface area contributed by atoms with Crippen LogP contribution in [0.3, 0.4) is 0 Å². The maximum absolute atomic E-state index is 12.7. The van der Waals surface area contributed by atoms with E-state index in [4.69, 9.17) is 22.3 Å². The molecule has 1 amide bonds. The molecule has 2 saturated carbocycles. The summed E-state index contributed by atoms with van der Waals surface area (Å²) >= 11 is 5.92. The van der Waals surface area contributed by atoms with Crippen LogP contribution >= 0.6 is 22.3 Å². The number of rotatable bonds is 5. The molecule has 21 heavy (non-hydrogen) atoms. The molecule has 0 spiro atoms. The predicted molar refractivity (Wildman–Crippen MR) is 81.3 cm³/mol. The first-order valence-electron chi connectivity index (χ1n) is 6.91. The van der Waals surface area contributed by atoms with Crippen LogP contribution in [-0.2, 0) is 9.05 Å². The highest BCUT2D eigenvalue weighted by Crippen LogP contribution is 2.36. The van der Waals surface area contributed by atoms with Gasteiger partial charge in [-0.25, -0.2) is 8.42 Å². The molecule has 0 heterocycles. The number of carbonyl (C=O) groups is 1. The second-order valence-corrected chi connectivity index (χ2v) is 8.75. The monoisotopic (exact) mass is 347 g/mol. The lowest BCUT2D eigenvalue weighted by molar-refractivity contribution is 0.0734. The van der Waals surface area contributed by atoms with Gasteiger partial charge in [-0.05, 0) is 49.8 Å². The van der Waals surface area contributed by atoms with Crippen LogP contribution in [0.5, 0.6) is 0 Å². The summed E-state index contributed by atoms with van der Waals surface area (Å²) in [6.45, 7) is 0.749. The fraction of sp³-hybridized carbons (Fsp3) is 0.500. The van der Waals surface area contributed by atoms with E-state index in [2.05, 4.69) is 0 Å². The molecule has 0 aliphatic heterocycles. The molecule has 2 aliphatic carbocycles. The zero-order valence-electron chi connectivity index (χ0n) is 11.3. The molecule has 2 fully saturated rings. The lowest BCUT2D eigenvalue weighted by atomic mass is 10.2. The summed E-state index contributed by atoms with van der Waals surface area (Å²) in [7, 11) is 1.44. The minimum Gasteiger partial charge on any atom is -0.335 e. The summed E-state index contributed by atoms with van der Waals surface area (Å²) in [5.74, 6) is 0.429. The average molecular weight is 348 g/mol.